The van der Waals surface area contributed by atoms with Gasteiger partial charge in [-0.2, -0.15) is 10.2 Å². The van der Waals surface area contributed by atoms with E-state index < -0.39 is 0 Å². The van der Waals surface area contributed by atoms with Crippen molar-refractivity contribution >= 4 is 23.1 Å². The maximum Gasteiger partial charge on any atom is 0.307 e. The number of amides is 1. The number of benzene rings is 1. The van der Waals surface area contributed by atoms with E-state index in [1.807, 2.05) is 61.9 Å². The number of hydrazone groups is 1. The first-order valence-corrected chi connectivity index (χ1v) is 9.93. The molecule has 1 N–H and O–H groups in total. The maximum absolute atomic E-state index is 12.6. The fourth-order valence-corrected chi connectivity index (χ4v) is 3.76. The van der Waals surface area contributed by atoms with Crippen LogP contribution in [0.25, 0.3) is 16.8 Å². The van der Waals surface area contributed by atoms with Crippen LogP contribution in [0.2, 0.25) is 0 Å². The Morgan fingerprint density at radius 2 is 1.97 bits per heavy atom. The highest BCUT2D eigenvalue weighted by Crippen LogP contribution is 2.25. The summed E-state index contributed by atoms with van der Waals surface area (Å²) in [5.74, 6) is 0.910. The summed E-state index contributed by atoms with van der Waals surface area (Å²) in [7, 11) is 0. The lowest BCUT2D eigenvalue weighted by molar-refractivity contribution is 0.0929. The standard InChI is InChI=1S/C23H25N5O2/c1-14(2)28-21(10-11-25-28)27-15(3)12-18(17(27)5)13-24-26-23(29)22-16(4)19-8-6-7-9-20(19)30-22/h6-14H,1-5H3,(H,26,29)/b24-13-. The second-order valence-corrected chi connectivity index (χ2v) is 7.64. The third-order valence-electron chi connectivity index (χ3n) is 5.26. The zero-order valence-electron chi connectivity index (χ0n) is 17.8. The van der Waals surface area contributed by atoms with E-state index in [4.69, 9.17) is 4.42 Å². The number of hydrogen-bond acceptors (Lipinski definition) is 4. The first-order chi connectivity index (χ1) is 14.4. The van der Waals surface area contributed by atoms with Crippen LogP contribution in [-0.2, 0) is 0 Å². The molecule has 30 heavy (non-hydrogen) atoms. The van der Waals surface area contributed by atoms with Gasteiger partial charge in [-0.3, -0.25) is 4.79 Å². The van der Waals surface area contributed by atoms with Crippen molar-refractivity contribution < 1.29 is 9.21 Å². The molecule has 0 aliphatic heterocycles. The molecule has 0 aliphatic carbocycles. The summed E-state index contributed by atoms with van der Waals surface area (Å²) in [5, 5.41) is 9.51. The lowest BCUT2D eigenvalue weighted by atomic mass is 10.1. The second-order valence-electron chi connectivity index (χ2n) is 7.64. The normalized spacial score (nSPS) is 11.8. The average Bonchev–Trinajstić information content (AvgIpc) is 3.39. The molecule has 0 atom stereocenters. The number of carbonyl (C=O) groups excluding carboxylic acids is 1. The van der Waals surface area contributed by atoms with Gasteiger partial charge in [0.25, 0.3) is 0 Å². The van der Waals surface area contributed by atoms with Crippen LogP contribution in [0.15, 0.2) is 52.1 Å². The Morgan fingerprint density at radius 3 is 2.70 bits per heavy atom. The number of furan rings is 1. The Bertz CT molecular complexity index is 1260. The third kappa shape index (κ3) is 3.32. The van der Waals surface area contributed by atoms with Gasteiger partial charge in [-0.05, 0) is 46.8 Å². The summed E-state index contributed by atoms with van der Waals surface area (Å²) in [6.07, 6.45) is 3.46. The number of fused-ring (bicyclic) bond motifs is 1. The van der Waals surface area contributed by atoms with Crippen molar-refractivity contribution in [2.75, 3.05) is 0 Å². The first kappa shape index (κ1) is 19.7. The topological polar surface area (TPSA) is 77.4 Å². The van der Waals surface area contributed by atoms with Crippen molar-refractivity contribution in [3.63, 3.8) is 0 Å². The third-order valence-corrected chi connectivity index (χ3v) is 5.26. The Hall–Kier alpha value is -3.61. The number of carbonyl (C=O) groups is 1. The summed E-state index contributed by atoms with van der Waals surface area (Å²) in [5.41, 5.74) is 7.08. The Balaban J connectivity index is 1.57. The molecule has 0 fully saturated rings. The smallest absolute Gasteiger partial charge is 0.307 e. The molecule has 0 spiro atoms. The zero-order chi connectivity index (χ0) is 21.4. The molecule has 154 valence electrons. The molecule has 0 radical (unpaired) electrons. The molecular formula is C23H25N5O2. The number of nitrogens with zero attached hydrogens (tertiary/aromatic N) is 4. The van der Waals surface area contributed by atoms with Gasteiger partial charge in [0.1, 0.15) is 11.4 Å². The van der Waals surface area contributed by atoms with Crippen LogP contribution in [0.3, 0.4) is 0 Å². The molecule has 0 saturated heterocycles. The average molecular weight is 403 g/mol. The van der Waals surface area contributed by atoms with E-state index >= 15 is 0 Å². The molecule has 0 unspecified atom stereocenters. The Labute approximate surface area is 175 Å². The van der Waals surface area contributed by atoms with Crippen molar-refractivity contribution in [1.82, 2.24) is 19.8 Å². The number of aryl methyl sites for hydroxylation is 2. The van der Waals surface area contributed by atoms with E-state index in [2.05, 4.69) is 34.0 Å². The molecule has 1 amide bonds. The fourth-order valence-electron chi connectivity index (χ4n) is 3.76. The predicted molar refractivity (Wildman–Crippen MR) is 117 cm³/mol. The van der Waals surface area contributed by atoms with Crippen molar-refractivity contribution in [3.05, 3.63) is 70.9 Å². The SMILES string of the molecule is Cc1c(C(=O)N/N=C\c2cc(C)n(-c3ccnn3C(C)C)c2C)oc2ccccc12. The van der Waals surface area contributed by atoms with Gasteiger partial charge in [0.15, 0.2) is 5.76 Å². The van der Waals surface area contributed by atoms with E-state index in [0.717, 1.165) is 33.7 Å². The van der Waals surface area contributed by atoms with Gasteiger partial charge in [0.05, 0.1) is 12.4 Å². The largest absolute Gasteiger partial charge is 0.451 e. The van der Waals surface area contributed by atoms with Crippen molar-refractivity contribution in [3.8, 4) is 5.82 Å². The summed E-state index contributed by atoms with van der Waals surface area (Å²) in [6, 6.07) is 11.9. The van der Waals surface area contributed by atoms with Gasteiger partial charge in [-0.25, -0.2) is 10.1 Å². The van der Waals surface area contributed by atoms with Crippen LogP contribution in [-0.4, -0.2) is 26.5 Å². The lowest BCUT2D eigenvalue weighted by Gasteiger charge is -2.14. The number of rotatable bonds is 5. The molecule has 7 heteroatoms. The van der Waals surface area contributed by atoms with Crippen LogP contribution in [0, 0.1) is 20.8 Å². The monoisotopic (exact) mass is 403 g/mol. The summed E-state index contributed by atoms with van der Waals surface area (Å²) < 4.78 is 9.81. The van der Waals surface area contributed by atoms with E-state index in [-0.39, 0.29) is 17.7 Å². The molecule has 4 rings (SSSR count). The highest BCUT2D eigenvalue weighted by Gasteiger charge is 2.17. The minimum atomic E-state index is -0.369. The summed E-state index contributed by atoms with van der Waals surface area (Å²) in [4.78, 5) is 12.6. The van der Waals surface area contributed by atoms with Crippen LogP contribution in [0.4, 0.5) is 0 Å². The molecule has 3 heterocycles. The maximum atomic E-state index is 12.6. The molecular weight excluding hydrogens is 378 g/mol. The molecule has 0 aliphatic rings. The van der Waals surface area contributed by atoms with Crippen molar-refractivity contribution in [2.24, 2.45) is 5.10 Å². The van der Waals surface area contributed by atoms with Crippen LogP contribution in [0.5, 0.6) is 0 Å². The predicted octanol–water partition coefficient (Wildman–Crippen LogP) is 4.69. The molecule has 7 nitrogen and oxygen atoms in total. The first-order valence-electron chi connectivity index (χ1n) is 9.93. The molecule has 4 aromatic rings. The summed E-state index contributed by atoms with van der Waals surface area (Å²) in [6.45, 7) is 10.1. The van der Waals surface area contributed by atoms with Crippen molar-refractivity contribution in [1.29, 1.82) is 0 Å². The van der Waals surface area contributed by atoms with Gasteiger partial charge in [-0.15, -0.1) is 0 Å². The van der Waals surface area contributed by atoms with Gasteiger partial charge < -0.3 is 8.98 Å². The number of aromatic nitrogens is 3. The molecule has 1 aromatic carbocycles. The Morgan fingerprint density at radius 1 is 1.20 bits per heavy atom. The Kier molecular flexibility index (Phi) is 5.03. The fraction of sp³-hybridized carbons (Fsp3) is 0.261. The number of hydrogen-bond donors (Lipinski definition) is 1. The van der Waals surface area contributed by atoms with Gasteiger partial charge in [-0.1, -0.05) is 18.2 Å². The molecule has 3 aromatic heterocycles. The van der Waals surface area contributed by atoms with E-state index in [0.29, 0.717) is 5.58 Å². The van der Waals surface area contributed by atoms with E-state index in [1.54, 1.807) is 12.4 Å². The number of nitrogens with one attached hydrogen (secondary N) is 1. The van der Waals surface area contributed by atoms with Crippen LogP contribution >= 0.6 is 0 Å². The number of para-hydroxylation sites is 1. The lowest BCUT2D eigenvalue weighted by Crippen LogP contribution is -2.17. The summed E-state index contributed by atoms with van der Waals surface area (Å²) >= 11 is 0. The molecule has 0 saturated carbocycles. The zero-order valence-corrected chi connectivity index (χ0v) is 17.8. The van der Waals surface area contributed by atoms with Crippen molar-refractivity contribution in [2.45, 2.75) is 40.7 Å². The quantitative estimate of drug-likeness (QED) is 0.388. The highest BCUT2D eigenvalue weighted by atomic mass is 16.3. The van der Waals surface area contributed by atoms with Crippen LogP contribution < -0.4 is 5.43 Å². The van der Waals surface area contributed by atoms with E-state index in [1.165, 1.54) is 0 Å². The molecule has 0 bridgehead atoms. The van der Waals surface area contributed by atoms with E-state index in [9.17, 15) is 4.79 Å². The minimum Gasteiger partial charge on any atom is -0.451 e. The van der Waals surface area contributed by atoms with Gasteiger partial charge in [0.2, 0.25) is 0 Å². The second kappa shape index (κ2) is 7.67. The van der Waals surface area contributed by atoms with Crippen LogP contribution in [0.1, 0.15) is 53.0 Å². The van der Waals surface area contributed by atoms with Gasteiger partial charge >= 0.3 is 5.91 Å². The van der Waals surface area contributed by atoms with Gasteiger partial charge in [0, 0.05) is 40.0 Å². The minimum absolute atomic E-state index is 0.250. The highest BCUT2D eigenvalue weighted by molar-refractivity contribution is 5.99.